The zero-order valence-corrected chi connectivity index (χ0v) is 20.3. The van der Waals surface area contributed by atoms with Crippen molar-refractivity contribution in [2.24, 2.45) is 16.6 Å². The van der Waals surface area contributed by atoms with Crippen molar-refractivity contribution in [3.8, 4) is 5.75 Å². The molecule has 3 amide bonds. The number of likely N-dealkylation sites (N-methyl/N-ethyl adjacent to an activating group) is 1. The fourth-order valence-corrected chi connectivity index (χ4v) is 5.18. The van der Waals surface area contributed by atoms with Gasteiger partial charge in [0.05, 0.1) is 7.11 Å². The number of hydrogen-bond acceptors (Lipinski definition) is 5. The van der Waals surface area contributed by atoms with Gasteiger partial charge in [0.2, 0.25) is 0 Å². The number of rotatable bonds is 8. The first kappa shape index (κ1) is 24.4. The normalized spacial score (nSPS) is 25.3. The summed E-state index contributed by atoms with van der Waals surface area (Å²) >= 11 is 0. The molecule has 1 fully saturated rings. The Kier molecular flexibility index (Phi) is 7.45. The van der Waals surface area contributed by atoms with Crippen LogP contribution < -0.4 is 21.1 Å². The third kappa shape index (κ3) is 5.86. The van der Waals surface area contributed by atoms with E-state index in [1.807, 2.05) is 36.4 Å². The number of allylic oxidation sites excluding steroid dienone is 4. The van der Waals surface area contributed by atoms with Crippen molar-refractivity contribution in [3.63, 3.8) is 0 Å². The Hall–Kier alpha value is -3.73. The number of amides is 3. The number of carbonyl (C=O) groups is 2. The van der Waals surface area contributed by atoms with E-state index < -0.39 is 5.54 Å². The fraction of sp³-hybridized carbons (Fsp3) is 0.444. The van der Waals surface area contributed by atoms with Gasteiger partial charge in [-0.2, -0.15) is 0 Å². The number of ether oxygens (including phenoxy) is 1. The minimum atomic E-state index is -0.867. The summed E-state index contributed by atoms with van der Waals surface area (Å²) in [5.74, 6) is 1.16. The second kappa shape index (κ2) is 10.7. The van der Waals surface area contributed by atoms with Gasteiger partial charge in [0.15, 0.2) is 5.96 Å². The lowest BCUT2D eigenvalue weighted by molar-refractivity contribution is -0.131. The van der Waals surface area contributed by atoms with Gasteiger partial charge in [0, 0.05) is 24.8 Å². The molecule has 8 nitrogen and oxygen atoms in total. The number of nitrogens with one attached hydrogen (secondary N) is 2. The van der Waals surface area contributed by atoms with Gasteiger partial charge in [-0.05, 0) is 67.9 Å². The molecule has 3 atom stereocenters. The van der Waals surface area contributed by atoms with Crippen LogP contribution in [0, 0.1) is 5.92 Å². The van der Waals surface area contributed by atoms with Gasteiger partial charge in [-0.25, -0.2) is 9.79 Å². The van der Waals surface area contributed by atoms with E-state index in [-0.39, 0.29) is 29.9 Å². The highest BCUT2D eigenvalue weighted by molar-refractivity contribution is 6.06. The first-order valence-corrected chi connectivity index (χ1v) is 12.1. The third-order valence-corrected chi connectivity index (χ3v) is 7.00. The summed E-state index contributed by atoms with van der Waals surface area (Å²) in [6, 6.07) is 7.05. The number of methoxy groups -OCH3 is 1. The molecule has 35 heavy (non-hydrogen) atoms. The Bertz CT molecular complexity index is 1140. The highest BCUT2D eigenvalue weighted by Crippen LogP contribution is 2.39. The number of hydrogen-bond donors (Lipinski definition) is 3. The molecular formula is C27H33N5O3. The van der Waals surface area contributed by atoms with Gasteiger partial charge in [-0.3, -0.25) is 9.69 Å². The molecule has 2 aliphatic carbocycles. The lowest BCUT2D eigenvalue weighted by Crippen LogP contribution is -2.45. The quantitative estimate of drug-likeness (QED) is 0.496. The van der Waals surface area contributed by atoms with E-state index >= 15 is 0 Å². The predicted molar refractivity (Wildman–Crippen MR) is 136 cm³/mol. The summed E-state index contributed by atoms with van der Waals surface area (Å²) in [4.78, 5) is 32.1. The second-order valence-electron chi connectivity index (χ2n) is 9.47. The maximum absolute atomic E-state index is 13.3. The predicted octanol–water partition coefficient (Wildman–Crippen LogP) is 3.88. The fourth-order valence-electron chi connectivity index (χ4n) is 5.18. The number of benzene rings is 1. The van der Waals surface area contributed by atoms with E-state index in [1.54, 1.807) is 20.2 Å². The van der Waals surface area contributed by atoms with Crippen LogP contribution in [0.1, 0.15) is 44.9 Å². The lowest BCUT2D eigenvalue weighted by Gasteiger charge is -2.35. The van der Waals surface area contributed by atoms with Crippen molar-refractivity contribution < 1.29 is 14.3 Å². The van der Waals surface area contributed by atoms with Crippen molar-refractivity contribution >= 4 is 23.6 Å². The van der Waals surface area contributed by atoms with Gasteiger partial charge < -0.3 is 21.1 Å². The van der Waals surface area contributed by atoms with Crippen LogP contribution in [-0.2, 0) is 4.79 Å². The molecule has 1 aliphatic heterocycles. The standard InChI is InChI=1S/C27H33N5O3/c1-32-24(33)27(31-25(32)28,15-14-19-8-4-3-5-9-19)18-20-10-6-11-21(16-20)29-26(34)30-22-12-7-13-23(17-22)35-2/h4,7-9,12-13,17,20-21H,6,10-11,14-16,18H2,1-2H3,(H2,28,31)(H2,29,30,34)/t20-,21+,27+/m0/s1. The first-order chi connectivity index (χ1) is 16.9. The van der Waals surface area contributed by atoms with Crippen molar-refractivity contribution in [2.75, 3.05) is 19.5 Å². The van der Waals surface area contributed by atoms with Crippen LogP contribution in [-0.4, -0.2) is 48.5 Å². The van der Waals surface area contributed by atoms with Crippen molar-refractivity contribution in [1.29, 1.82) is 0 Å². The van der Waals surface area contributed by atoms with Crippen LogP contribution in [0.2, 0.25) is 0 Å². The van der Waals surface area contributed by atoms with Crippen LogP contribution in [0.15, 0.2) is 64.5 Å². The number of urea groups is 1. The van der Waals surface area contributed by atoms with Crippen LogP contribution in [0.4, 0.5) is 10.5 Å². The second-order valence-corrected chi connectivity index (χ2v) is 9.47. The summed E-state index contributed by atoms with van der Waals surface area (Å²) in [6.45, 7) is 0. The Morgan fingerprint density at radius 2 is 2.20 bits per heavy atom. The molecular weight excluding hydrogens is 442 g/mol. The van der Waals surface area contributed by atoms with E-state index in [9.17, 15) is 9.59 Å². The number of carbonyl (C=O) groups excluding carboxylic acids is 2. The van der Waals surface area contributed by atoms with E-state index in [1.165, 1.54) is 4.90 Å². The monoisotopic (exact) mass is 475 g/mol. The molecule has 8 heteroatoms. The summed E-state index contributed by atoms with van der Waals surface area (Å²) in [6.07, 6.45) is 11.3. The maximum atomic E-state index is 13.3. The molecule has 0 saturated heterocycles. The molecule has 0 unspecified atom stereocenters. The molecule has 0 radical (unpaired) electrons. The van der Waals surface area contributed by atoms with Gasteiger partial charge in [-0.15, -0.1) is 0 Å². The third-order valence-electron chi connectivity index (χ3n) is 7.00. The summed E-state index contributed by atoms with van der Waals surface area (Å²) < 4.78 is 5.22. The highest BCUT2D eigenvalue weighted by Gasteiger charge is 2.47. The number of guanidine groups is 1. The van der Waals surface area contributed by atoms with Crippen LogP contribution in [0.3, 0.4) is 0 Å². The smallest absolute Gasteiger partial charge is 0.319 e. The van der Waals surface area contributed by atoms with E-state index in [0.717, 1.165) is 31.3 Å². The average molecular weight is 476 g/mol. The van der Waals surface area contributed by atoms with Gasteiger partial charge in [0.25, 0.3) is 5.91 Å². The van der Waals surface area contributed by atoms with Gasteiger partial charge in [0.1, 0.15) is 11.3 Å². The first-order valence-electron chi connectivity index (χ1n) is 12.1. The van der Waals surface area contributed by atoms with E-state index in [2.05, 4.69) is 22.1 Å². The molecule has 1 aromatic carbocycles. The zero-order valence-electron chi connectivity index (χ0n) is 20.3. The molecule has 0 spiro atoms. The summed E-state index contributed by atoms with van der Waals surface area (Å²) in [5.41, 5.74) is 12.9. The Labute approximate surface area is 206 Å². The topological polar surface area (TPSA) is 109 Å². The molecule has 1 saturated carbocycles. The van der Waals surface area contributed by atoms with E-state index in [0.29, 0.717) is 30.7 Å². The van der Waals surface area contributed by atoms with Crippen molar-refractivity contribution in [1.82, 2.24) is 10.2 Å². The van der Waals surface area contributed by atoms with Gasteiger partial charge in [-0.1, -0.05) is 36.4 Å². The van der Waals surface area contributed by atoms with Crippen LogP contribution in [0.25, 0.3) is 0 Å². The largest absolute Gasteiger partial charge is 0.497 e. The number of aliphatic imine (C=N–C) groups is 1. The SMILES string of the molecule is COc1cccc(NC(=O)N[C@@H]2CCC[C@H](C[C@@]3(CCC4=CC=C=C=C4)N=C(N)N(C)C3=O)C2)c1. The molecule has 4 rings (SSSR count). The summed E-state index contributed by atoms with van der Waals surface area (Å²) in [7, 11) is 3.28. The molecule has 0 bridgehead atoms. The Balaban J connectivity index is 1.39. The van der Waals surface area contributed by atoms with Crippen molar-refractivity contribution in [3.05, 3.63) is 59.5 Å². The molecule has 184 valence electrons. The molecule has 1 aromatic rings. The number of nitrogens with zero attached hydrogens (tertiary/aromatic N) is 2. The van der Waals surface area contributed by atoms with Gasteiger partial charge >= 0.3 is 6.03 Å². The molecule has 3 aliphatic rings. The molecule has 0 aromatic heterocycles. The number of anilines is 1. The summed E-state index contributed by atoms with van der Waals surface area (Å²) in [5, 5.41) is 5.99. The lowest BCUT2D eigenvalue weighted by atomic mass is 9.75. The van der Waals surface area contributed by atoms with Crippen molar-refractivity contribution in [2.45, 2.75) is 56.5 Å². The Morgan fingerprint density at radius 3 is 2.91 bits per heavy atom. The number of nitrogens with two attached hydrogens (primary N) is 1. The van der Waals surface area contributed by atoms with Crippen LogP contribution >= 0.6 is 0 Å². The molecule has 1 heterocycles. The maximum Gasteiger partial charge on any atom is 0.319 e. The minimum absolute atomic E-state index is 0.0335. The van der Waals surface area contributed by atoms with E-state index in [4.69, 9.17) is 15.5 Å². The minimum Gasteiger partial charge on any atom is -0.497 e. The van der Waals surface area contributed by atoms with Crippen LogP contribution in [0.5, 0.6) is 5.75 Å². The molecule has 4 N–H and O–H groups in total. The highest BCUT2D eigenvalue weighted by atomic mass is 16.5. The zero-order chi connectivity index (χ0) is 24.8. The average Bonchev–Trinajstić information content (AvgIpc) is 3.07. The Morgan fingerprint density at radius 1 is 1.34 bits per heavy atom.